The highest BCUT2D eigenvalue weighted by atomic mass is 19.4. The van der Waals surface area contributed by atoms with E-state index in [1.54, 1.807) is 14.2 Å². The molecule has 1 heterocycles. The van der Waals surface area contributed by atoms with E-state index in [9.17, 15) is 18.0 Å². The predicted octanol–water partition coefficient (Wildman–Crippen LogP) is 3.08. The van der Waals surface area contributed by atoms with Gasteiger partial charge in [0.2, 0.25) is 0 Å². The van der Waals surface area contributed by atoms with E-state index < -0.39 is 11.7 Å². The molecule has 156 valence electrons. The number of alkyl halides is 3. The number of hydrogen-bond acceptors (Lipinski definition) is 3. The van der Waals surface area contributed by atoms with Gasteiger partial charge in [0.15, 0.2) is 6.54 Å². The van der Waals surface area contributed by atoms with Crippen LogP contribution >= 0.6 is 0 Å². The molecule has 1 unspecified atom stereocenters. The Morgan fingerprint density at radius 3 is 2.48 bits per heavy atom. The van der Waals surface area contributed by atoms with E-state index >= 15 is 0 Å². The van der Waals surface area contributed by atoms with Crippen molar-refractivity contribution in [1.82, 2.24) is 0 Å². The number of carbonyl (C=O) groups excluding carboxylic acids is 1. The maximum atomic E-state index is 12.7. The van der Waals surface area contributed by atoms with Crippen LogP contribution in [0.25, 0.3) is 0 Å². The SMILES string of the molecule is COc1ccc(OC)c([C@@H]2CCC[NH+]2CC(=O)Nc2ccc(C(F)(F)F)cc2)c1. The number of amides is 1. The smallest absolute Gasteiger partial charge is 0.416 e. The van der Waals surface area contributed by atoms with Crippen LogP contribution in [0.4, 0.5) is 18.9 Å². The number of halogens is 3. The molecule has 8 heteroatoms. The standard InChI is InChI=1S/C21H23F3N2O3/c1-28-16-9-10-19(29-2)17(12-16)18-4-3-11-26(18)13-20(27)25-15-7-5-14(6-8-15)21(22,23)24/h5-10,12,18H,3-4,11,13H2,1-2H3,(H,25,27)/p+1/t18-/m0/s1. The summed E-state index contributed by atoms with van der Waals surface area (Å²) in [5.41, 5.74) is 0.588. The number of methoxy groups -OCH3 is 2. The molecule has 1 amide bonds. The van der Waals surface area contributed by atoms with Crippen LogP contribution in [0.15, 0.2) is 42.5 Å². The molecule has 2 aromatic carbocycles. The normalized spacial score (nSPS) is 19.1. The molecular formula is C21H24F3N2O3+. The van der Waals surface area contributed by atoms with Crippen LogP contribution in [0, 0.1) is 0 Å². The zero-order valence-electron chi connectivity index (χ0n) is 16.3. The van der Waals surface area contributed by atoms with Crippen molar-refractivity contribution in [2.75, 3.05) is 32.6 Å². The minimum absolute atomic E-state index is 0.0819. The van der Waals surface area contributed by atoms with Gasteiger partial charge in [-0.05, 0) is 42.5 Å². The molecule has 1 aliphatic rings. The van der Waals surface area contributed by atoms with Crippen LogP contribution < -0.4 is 19.7 Å². The summed E-state index contributed by atoms with van der Waals surface area (Å²) in [6, 6.07) is 10.2. The largest absolute Gasteiger partial charge is 0.497 e. The van der Waals surface area contributed by atoms with Gasteiger partial charge in [-0.2, -0.15) is 13.2 Å². The van der Waals surface area contributed by atoms with Crippen LogP contribution in [-0.4, -0.2) is 33.2 Å². The molecule has 0 aliphatic carbocycles. The number of nitrogens with one attached hydrogen (secondary N) is 2. The lowest BCUT2D eigenvalue weighted by Crippen LogP contribution is -3.11. The van der Waals surface area contributed by atoms with E-state index in [-0.39, 0.29) is 18.5 Å². The Balaban J connectivity index is 1.69. The van der Waals surface area contributed by atoms with Gasteiger partial charge in [-0.25, -0.2) is 0 Å². The maximum absolute atomic E-state index is 12.7. The van der Waals surface area contributed by atoms with E-state index in [1.165, 1.54) is 12.1 Å². The van der Waals surface area contributed by atoms with E-state index in [2.05, 4.69) is 5.32 Å². The van der Waals surface area contributed by atoms with Gasteiger partial charge in [-0.1, -0.05) is 0 Å². The van der Waals surface area contributed by atoms with Gasteiger partial charge in [0, 0.05) is 18.5 Å². The quantitative estimate of drug-likeness (QED) is 0.771. The summed E-state index contributed by atoms with van der Waals surface area (Å²) >= 11 is 0. The minimum atomic E-state index is -4.40. The van der Waals surface area contributed by atoms with Gasteiger partial charge < -0.3 is 19.7 Å². The Morgan fingerprint density at radius 1 is 1.14 bits per heavy atom. The second-order valence-corrected chi connectivity index (χ2v) is 7.01. The third-order valence-corrected chi connectivity index (χ3v) is 5.18. The second kappa shape index (κ2) is 8.73. The molecular weight excluding hydrogens is 385 g/mol. The van der Waals surface area contributed by atoms with Crippen LogP contribution in [0.2, 0.25) is 0 Å². The van der Waals surface area contributed by atoms with Crippen molar-refractivity contribution in [2.24, 2.45) is 0 Å². The van der Waals surface area contributed by atoms with Gasteiger partial charge >= 0.3 is 6.18 Å². The third kappa shape index (κ3) is 5.00. The Kier molecular flexibility index (Phi) is 6.32. The average Bonchev–Trinajstić information content (AvgIpc) is 3.14. The number of likely N-dealkylation sites (tertiary alicyclic amines) is 1. The summed E-state index contributed by atoms with van der Waals surface area (Å²) in [5.74, 6) is 1.23. The summed E-state index contributed by atoms with van der Waals surface area (Å²) in [6.07, 6.45) is -2.52. The molecule has 2 atom stereocenters. The summed E-state index contributed by atoms with van der Waals surface area (Å²) in [7, 11) is 3.21. The third-order valence-electron chi connectivity index (χ3n) is 5.18. The zero-order chi connectivity index (χ0) is 21.0. The average molecular weight is 409 g/mol. The summed E-state index contributed by atoms with van der Waals surface area (Å²) in [6.45, 7) is 1.04. The van der Waals surface area contributed by atoms with Crippen LogP contribution in [0.3, 0.4) is 0 Å². The Morgan fingerprint density at radius 2 is 1.86 bits per heavy atom. The topological polar surface area (TPSA) is 52.0 Å². The van der Waals surface area contributed by atoms with Gasteiger partial charge in [0.25, 0.3) is 5.91 Å². The lowest BCUT2D eigenvalue weighted by Gasteiger charge is -2.23. The lowest BCUT2D eigenvalue weighted by atomic mass is 10.0. The molecule has 2 aromatic rings. The number of ether oxygens (including phenoxy) is 2. The van der Waals surface area contributed by atoms with Crippen LogP contribution in [0.5, 0.6) is 11.5 Å². The summed E-state index contributed by atoms with van der Waals surface area (Å²) < 4.78 is 48.8. The van der Waals surface area contributed by atoms with Gasteiger partial charge in [0.1, 0.15) is 17.5 Å². The zero-order valence-corrected chi connectivity index (χ0v) is 16.3. The Bertz CT molecular complexity index is 853. The molecule has 1 fully saturated rings. The van der Waals surface area contributed by atoms with Gasteiger partial charge in [0.05, 0.1) is 31.9 Å². The number of hydrogen-bond donors (Lipinski definition) is 2. The summed E-state index contributed by atoms with van der Waals surface area (Å²) in [5, 5.41) is 2.69. The van der Waals surface area contributed by atoms with Crippen molar-refractivity contribution in [1.29, 1.82) is 0 Å². The van der Waals surface area contributed by atoms with Gasteiger partial charge in [-0.15, -0.1) is 0 Å². The highest BCUT2D eigenvalue weighted by Crippen LogP contribution is 2.32. The monoisotopic (exact) mass is 409 g/mol. The van der Waals surface area contributed by atoms with Crippen LogP contribution in [0.1, 0.15) is 30.0 Å². The molecule has 0 saturated carbocycles. The van der Waals surface area contributed by atoms with Crippen molar-refractivity contribution in [2.45, 2.75) is 25.1 Å². The molecule has 1 saturated heterocycles. The molecule has 2 N–H and O–H groups in total. The number of carbonyl (C=O) groups is 1. The fourth-order valence-corrected chi connectivity index (χ4v) is 3.76. The first-order valence-corrected chi connectivity index (χ1v) is 9.35. The van der Waals surface area contributed by atoms with Crippen molar-refractivity contribution in [3.8, 4) is 11.5 Å². The van der Waals surface area contributed by atoms with Crippen molar-refractivity contribution in [3.63, 3.8) is 0 Å². The number of rotatable bonds is 6. The minimum Gasteiger partial charge on any atom is -0.497 e. The second-order valence-electron chi connectivity index (χ2n) is 7.01. The molecule has 0 spiro atoms. The fourth-order valence-electron chi connectivity index (χ4n) is 3.76. The number of anilines is 1. The van der Waals surface area contributed by atoms with E-state index in [4.69, 9.17) is 9.47 Å². The number of benzene rings is 2. The van der Waals surface area contributed by atoms with Crippen molar-refractivity contribution in [3.05, 3.63) is 53.6 Å². The molecule has 0 aromatic heterocycles. The predicted molar refractivity (Wildman–Crippen MR) is 102 cm³/mol. The molecule has 3 rings (SSSR count). The molecule has 29 heavy (non-hydrogen) atoms. The number of quaternary nitrogens is 1. The molecule has 5 nitrogen and oxygen atoms in total. The highest BCUT2D eigenvalue weighted by Gasteiger charge is 2.34. The maximum Gasteiger partial charge on any atom is 0.416 e. The first kappa shape index (κ1) is 21.0. The van der Waals surface area contributed by atoms with Gasteiger partial charge in [-0.3, -0.25) is 4.79 Å². The van der Waals surface area contributed by atoms with Crippen molar-refractivity contribution < 1.29 is 32.3 Å². The molecule has 0 radical (unpaired) electrons. The molecule has 0 bridgehead atoms. The lowest BCUT2D eigenvalue weighted by molar-refractivity contribution is -0.910. The van der Waals surface area contributed by atoms with Crippen molar-refractivity contribution >= 4 is 11.6 Å². The first-order chi connectivity index (χ1) is 13.8. The van der Waals surface area contributed by atoms with E-state index in [1.807, 2.05) is 18.2 Å². The Hall–Kier alpha value is -2.74. The highest BCUT2D eigenvalue weighted by molar-refractivity contribution is 5.91. The van der Waals surface area contributed by atoms with E-state index in [0.29, 0.717) is 5.69 Å². The Labute approximate surface area is 167 Å². The fraction of sp³-hybridized carbons (Fsp3) is 0.381. The van der Waals surface area contributed by atoms with E-state index in [0.717, 1.165) is 53.5 Å². The van der Waals surface area contributed by atoms with Crippen LogP contribution in [-0.2, 0) is 11.0 Å². The summed E-state index contributed by atoms with van der Waals surface area (Å²) in [4.78, 5) is 13.6. The molecule has 1 aliphatic heterocycles. The first-order valence-electron chi connectivity index (χ1n) is 9.35.